The van der Waals surface area contributed by atoms with Crippen LogP contribution in [-0.2, 0) is 19.1 Å². The summed E-state index contributed by atoms with van der Waals surface area (Å²) >= 11 is 6.78. The number of amides is 2. The number of carbonyl (C=O) groups excluding carboxylic acids is 3. The van der Waals surface area contributed by atoms with Gasteiger partial charge in [0.15, 0.2) is 0 Å². The van der Waals surface area contributed by atoms with Crippen molar-refractivity contribution in [1.29, 1.82) is 0 Å². The Morgan fingerprint density at radius 2 is 1.79 bits per heavy atom. The zero-order valence-electron chi connectivity index (χ0n) is 15.9. The molecule has 2 amide bonds. The summed E-state index contributed by atoms with van der Waals surface area (Å²) in [5.74, 6) is -1.05. The molecule has 0 unspecified atom stereocenters. The molecule has 2 aliphatic rings. The molecule has 150 valence electrons. The van der Waals surface area contributed by atoms with Gasteiger partial charge in [0.05, 0.1) is 30.6 Å². The molecule has 2 fully saturated rings. The number of thioether (sulfide) groups is 1. The second-order valence-electron chi connectivity index (χ2n) is 6.84. The van der Waals surface area contributed by atoms with Crippen molar-refractivity contribution in [3.8, 4) is 0 Å². The lowest BCUT2D eigenvalue weighted by Crippen LogP contribution is -2.47. The van der Waals surface area contributed by atoms with Crippen molar-refractivity contribution in [1.82, 2.24) is 4.90 Å². The van der Waals surface area contributed by atoms with Crippen LogP contribution in [0.3, 0.4) is 0 Å². The van der Waals surface area contributed by atoms with Crippen molar-refractivity contribution in [2.75, 3.05) is 25.1 Å². The third-order valence-corrected chi connectivity index (χ3v) is 6.23. The van der Waals surface area contributed by atoms with Crippen LogP contribution in [0, 0.1) is 0 Å². The summed E-state index contributed by atoms with van der Waals surface area (Å²) in [4.78, 5) is 40.0. The summed E-state index contributed by atoms with van der Waals surface area (Å²) in [6.07, 6.45) is 0.221. The summed E-state index contributed by atoms with van der Waals surface area (Å²) in [6.45, 7) is 5.31. The largest absolute Gasteiger partial charge is 0.465 e. The van der Waals surface area contributed by atoms with Crippen LogP contribution in [0.1, 0.15) is 30.6 Å². The van der Waals surface area contributed by atoms with Gasteiger partial charge in [0.2, 0.25) is 11.8 Å². The van der Waals surface area contributed by atoms with Crippen LogP contribution in [0.5, 0.6) is 0 Å². The first-order valence-corrected chi connectivity index (χ1v) is 10.2. The van der Waals surface area contributed by atoms with Gasteiger partial charge in [0.25, 0.3) is 0 Å². The minimum atomic E-state index is -0.547. The highest BCUT2D eigenvalue weighted by Crippen LogP contribution is 2.32. The molecule has 1 aromatic rings. The molecule has 9 heteroatoms. The van der Waals surface area contributed by atoms with E-state index in [1.807, 2.05) is 18.7 Å². The molecule has 28 heavy (non-hydrogen) atoms. The normalized spacial score (nSPS) is 25.2. The Kier molecular flexibility index (Phi) is 6.36. The summed E-state index contributed by atoms with van der Waals surface area (Å²) in [5, 5.41) is -0.547. The summed E-state index contributed by atoms with van der Waals surface area (Å²) in [6, 6.07) is 6.20. The second-order valence-corrected chi connectivity index (χ2v) is 8.68. The molecule has 0 saturated carbocycles. The smallest absolute Gasteiger partial charge is 0.337 e. The number of thiocarbonyl (C=S) groups is 1. The van der Waals surface area contributed by atoms with E-state index in [9.17, 15) is 14.4 Å². The number of nitrogens with zero attached hydrogens (tertiary/aromatic N) is 2. The Labute approximate surface area is 173 Å². The van der Waals surface area contributed by atoms with E-state index in [1.54, 1.807) is 12.1 Å². The number of ether oxygens (including phenoxy) is 2. The van der Waals surface area contributed by atoms with E-state index in [0.29, 0.717) is 28.7 Å². The van der Waals surface area contributed by atoms with Crippen LogP contribution < -0.4 is 4.90 Å². The zero-order chi connectivity index (χ0) is 20.4. The van der Waals surface area contributed by atoms with Crippen molar-refractivity contribution in [3.05, 3.63) is 29.8 Å². The van der Waals surface area contributed by atoms with E-state index < -0.39 is 11.2 Å². The fraction of sp³-hybridized carbons (Fsp3) is 0.474. The average Bonchev–Trinajstić information content (AvgIpc) is 2.93. The third-order valence-electron chi connectivity index (χ3n) is 4.57. The first-order valence-electron chi connectivity index (χ1n) is 8.96. The molecular formula is C19H22N2O5S2. The van der Waals surface area contributed by atoms with E-state index in [-0.39, 0.29) is 30.4 Å². The summed E-state index contributed by atoms with van der Waals surface area (Å²) < 4.78 is 11.0. The lowest BCUT2D eigenvalue weighted by molar-refractivity contribution is -0.121. The molecule has 1 aromatic carbocycles. The number of methoxy groups -OCH3 is 1. The first kappa shape index (κ1) is 20.8. The second kappa shape index (κ2) is 8.59. The number of benzene rings is 1. The van der Waals surface area contributed by atoms with Crippen molar-refractivity contribution < 1.29 is 23.9 Å². The lowest BCUT2D eigenvalue weighted by Gasteiger charge is -2.36. The Morgan fingerprint density at radius 1 is 1.18 bits per heavy atom. The van der Waals surface area contributed by atoms with Gasteiger partial charge in [-0.2, -0.15) is 0 Å². The van der Waals surface area contributed by atoms with Gasteiger partial charge in [-0.25, -0.2) is 9.69 Å². The van der Waals surface area contributed by atoms with Gasteiger partial charge in [-0.15, -0.1) is 0 Å². The molecule has 2 heterocycles. The predicted molar refractivity (Wildman–Crippen MR) is 110 cm³/mol. The SMILES string of the molecule is COC(=O)c1ccc(N2C(=O)C[C@@H](SC(=S)N3C[C@@H](C)O[C@@H](C)C3)C2=O)cc1. The van der Waals surface area contributed by atoms with E-state index in [0.717, 1.165) is 4.90 Å². The van der Waals surface area contributed by atoms with Crippen molar-refractivity contribution in [3.63, 3.8) is 0 Å². The van der Waals surface area contributed by atoms with Crippen LogP contribution >= 0.6 is 24.0 Å². The van der Waals surface area contributed by atoms with Gasteiger partial charge in [-0.05, 0) is 38.1 Å². The van der Waals surface area contributed by atoms with Gasteiger partial charge < -0.3 is 14.4 Å². The quantitative estimate of drug-likeness (QED) is 0.417. The van der Waals surface area contributed by atoms with Gasteiger partial charge in [0, 0.05) is 19.5 Å². The van der Waals surface area contributed by atoms with Crippen molar-refractivity contribution in [2.45, 2.75) is 37.7 Å². The molecule has 2 aliphatic heterocycles. The maximum atomic E-state index is 12.8. The molecule has 7 nitrogen and oxygen atoms in total. The molecule has 2 saturated heterocycles. The topological polar surface area (TPSA) is 76.2 Å². The van der Waals surface area contributed by atoms with Gasteiger partial charge >= 0.3 is 5.97 Å². The summed E-state index contributed by atoms with van der Waals surface area (Å²) in [5.41, 5.74) is 0.790. The minimum Gasteiger partial charge on any atom is -0.465 e. The van der Waals surface area contributed by atoms with Crippen LogP contribution in [0.2, 0.25) is 0 Å². The lowest BCUT2D eigenvalue weighted by atomic mass is 10.2. The maximum Gasteiger partial charge on any atom is 0.337 e. The van der Waals surface area contributed by atoms with E-state index >= 15 is 0 Å². The van der Waals surface area contributed by atoms with E-state index in [4.69, 9.17) is 17.0 Å². The average molecular weight is 423 g/mol. The zero-order valence-corrected chi connectivity index (χ0v) is 17.5. The molecule has 3 atom stereocenters. The first-order chi connectivity index (χ1) is 13.3. The highest BCUT2D eigenvalue weighted by molar-refractivity contribution is 8.23. The minimum absolute atomic E-state index is 0.0630. The number of imide groups is 1. The highest BCUT2D eigenvalue weighted by Gasteiger charge is 2.41. The van der Waals surface area contributed by atoms with Crippen LogP contribution in [0.25, 0.3) is 0 Å². The molecule has 3 rings (SSSR count). The standard InChI is InChI=1S/C19H22N2O5S2/c1-11-9-20(10-12(2)26-11)19(27)28-15-8-16(22)21(17(15)23)14-6-4-13(5-7-14)18(24)25-3/h4-7,11-12,15H,8-10H2,1-3H3/t11-,12+,15-/m1/s1. The molecule has 0 bridgehead atoms. The molecular weight excluding hydrogens is 400 g/mol. The monoisotopic (exact) mass is 422 g/mol. The van der Waals surface area contributed by atoms with Gasteiger partial charge in [-0.3, -0.25) is 9.59 Å². The number of morpholine rings is 1. The van der Waals surface area contributed by atoms with Crippen LogP contribution in [0.15, 0.2) is 24.3 Å². The van der Waals surface area contributed by atoms with Gasteiger partial charge in [0.1, 0.15) is 9.57 Å². The van der Waals surface area contributed by atoms with Crippen LogP contribution in [0.4, 0.5) is 5.69 Å². The molecule has 0 radical (unpaired) electrons. The molecule has 0 spiro atoms. The fourth-order valence-electron chi connectivity index (χ4n) is 3.36. The third kappa shape index (κ3) is 4.37. The van der Waals surface area contributed by atoms with Gasteiger partial charge in [-0.1, -0.05) is 24.0 Å². The highest BCUT2D eigenvalue weighted by atomic mass is 32.2. The van der Waals surface area contributed by atoms with Crippen LogP contribution in [-0.4, -0.2) is 64.7 Å². The predicted octanol–water partition coefficient (Wildman–Crippen LogP) is 2.23. The Balaban J connectivity index is 1.68. The fourth-order valence-corrected chi connectivity index (χ4v) is 4.83. The Morgan fingerprint density at radius 3 is 2.36 bits per heavy atom. The number of esters is 1. The number of carbonyl (C=O) groups is 3. The number of hydrogen-bond donors (Lipinski definition) is 0. The number of anilines is 1. The molecule has 0 aromatic heterocycles. The summed E-state index contributed by atoms with van der Waals surface area (Å²) in [7, 11) is 1.30. The number of hydrogen-bond acceptors (Lipinski definition) is 7. The Bertz CT molecular complexity index is 788. The maximum absolute atomic E-state index is 12.8. The van der Waals surface area contributed by atoms with E-state index in [2.05, 4.69) is 4.74 Å². The van der Waals surface area contributed by atoms with Crippen molar-refractivity contribution >= 4 is 51.8 Å². The Hall–Kier alpha value is -1.97. The van der Waals surface area contributed by atoms with E-state index in [1.165, 1.54) is 31.0 Å². The van der Waals surface area contributed by atoms with Crippen molar-refractivity contribution in [2.24, 2.45) is 0 Å². The number of rotatable bonds is 3. The molecule has 0 N–H and O–H groups in total. The molecule has 0 aliphatic carbocycles.